The van der Waals surface area contributed by atoms with Gasteiger partial charge in [-0.15, -0.1) is 0 Å². The zero-order chi connectivity index (χ0) is 25.6. The monoisotopic (exact) mass is 493 g/mol. The Hall–Kier alpha value is -4.34. The van der Waals surface area contributed by atoms with E-state index >= 15 is 0 Å². The van der Waals surface area contributed by atoms with Gasteiger partial charge < -0.3 is 5.32 Å². The van der Waals surface area contributed by atoms with Gasteiger partial charge in [0.15, 0.2) is 5.82 Å². The Morgan fingerprint density at radius 3 is 2.53 bits per heavy atom. The molecular formula is C26H19F4N5O. The average Bonchev–Trinajstić information content (AvgIpc) is 2.82. The Kier molecular flexibility index (Phi) is 5.66. The lowest BCUT2D eigenvalue weighted by Crippen LogP contribution is -2.27. The van der Waals surface area contributed by atoms with Crippen LogP contribution in [0.4, 0.5) is 23.4 Å². The molecule has 0 fully saturated rings. The number of pyridine rings is 2. The van der Waals surface area contributed by atoms with Crippen LogP contribution in [0.25, 0.3) is 27.5 Å². The summed E-state index contributed by atoms with van der Waals surface area (Å²) in [6.07, 6.45) is -3.15. The van der Waals surface area contributed by atoms with E-state index in [4.69, 9.17) is 0 Å². The molecule has 10 heteroatoms. The molecule has 3 heterocycles. The van der Waals surface area contributed by atoms with Crippen molar-refractivity contribution in [3.8, 4) is 5.69 Å². The van der Waals surface area contributed by atoms with Crippen LogP contribution in [0.2, 0.25) is 0 Å². The standard InChI is InChI=1S/C26H19F4N5O/c1-14(32-24-23-20(10-5-11-31-23)33-15(2)34-24)21-12-16-6-3-9-19(26(28,29)30)22(16)25(36)35(21)18-8-4-7-17(27)13-18/h3-14H,1-2H3,(H,32,33,34)/t14-/m0/s1. The fraction of sp³-hybridized carbons (Fsp3) is 0.154. The molecule has 0 saturated carbocycles. The SMILES string of the molecule is Cc1nc(N[C@@H](C)c2cc3cccc(C(F)(F)F)c3c(=O)n2-c2cccc(F)c2)c2ncccc2n1. The van der Waals surface area contributed by atoms with Crippen LogP contribution in [0.15, 0.2) is 71.7 Å². The molecule has 182 valence electrons. The quantitative estimate of drug-likeness (QED) is 0.313. The topological polar surface area (TPSA) is 72.7 Å². The molecule has 0 aliphatic heterocycles. The Balaban J connectivity index is 1.76. The van der Waals surface area contributed by atoms with E-state index < -0.39 is 34.5 Å². The van der Waals surface area contributed by atoms with Gasteiger partial charge >= 0.3 is 6.18 Å². The Morgan fingerprint density at radius 2 is 1.78 bits per heavy atom. The second-order valence-electron chi connectivity index (χ2n) is 8.31. The zero-order valence-electron chi connectivity index (χ0n) is 19.1. The molecule has 3 aromatic heterocycles. The van der Waals surface area contributed by atoms with E-state index in [1.54, 1.807) is 32.2 Å². The van der Waals surface area contributed by atoms with E-state index in [2.05, 4.69) is 20.3 Å². The van der Waals surface area contributed by atoms with Crippen LogP contribution in [0, 0.1) is 12.7 Å². The molecule has 36 heavy (non-hydrogen) atoms. The van der Waals surface area contributed by atoms with Crippen molar-refractivity contribution in [1.29, 1.82) is 0 Å². The van der Waals surface area contributed by atoms with E-state index in [1.807, 2.05) is 0 Å². The molecule has 5 rings (SSSR count). The number of fused-ring (bicyclic) bond motifs is 2. The van der Waals surface area contributed by atoms with E-state index in [0.29, 0.717) is 28.4 Å². The van der Waals surface area contributed by atoms with Gasteiger partial charge in [0.05, 0.1) is 28.2 Å². The summed E-state index contributed by atoms with van der Waals surface area (Å²) in [5.41, 5.74) is -0.437. The highest BCUT2D eigenvalue weighted by atomic mass is 19.4. The van der Waals surface area contributed by atoms with Gasteiger partial charge in [0.1, 0.15) is 17.2 Å². The number of rotatable bonds is 4. The summed E-state index contributed by atoms with van der Waals surface area (Å²) in [5, 5.41) is 2.84. The molecule has 0 aliphatic rings. The minimum Gasteiger partial charge on any atom is -0.360 e. The number of nitrogens with one attached hydrogen (secondary N) is 1. The molecule has 0 spiro atoms. The van der Waals surface area contributed by atoms with Crippen molar-refractivity contribution in [2.45, 2.75) is 26.1 Å². The van der Waals surface area contributed by atoms with Gasteiger partial charge in [-0.05, 0) is 61.7 Å². The highest BCUT2D eigenvalue weighted by Crippen LogP contribution is 2.35. The summed E-state index contributed by atoms with van der Waals surface area (Å²) >= 11 is 0. The fourth-order valence-corrected chi connectivity index (χ4v) is 4.28. The zero-order valence-corrected chi connectivity index (χ0v) is 19.1. The summed E-state index contributed by atoms with van der Waals surface area (Å²) in [7, 11) is 0. The van der Waals surface area contributed by atoms with Crippen LogP contribution >= 0.6 is 0 Å². The van der Waals surface area contributed by atoms with Crippen molar-refractivity contribution in [2.75, 3.05) is 5.32 Å². The molecule has 0 unspecified atom stereocenters. The maximum absolute atomic E-state index is 14.1. The fourth-order valence-electron chi connectivity index (χ4n) is 4.28. The minimum atomic E-state index is -4.74. The van der Waals surface area contributed by atoms with Crippen LogP contribution < -0.4 is 10.9 Å². The molecule has 0 bridgehead atoms. The maximum Gasteiger partial charge on any atom is 0.417 e. The lowest BCUT2D eigenvalue weighted by molar-refractivity contribution is -0.136. The summed E-state index contributed by atoms with van der Waals surface area (Å²) in [6, 6.07) is 13.1. The Bertz CT molecular complexity index is 1680. The van der Waals surface area contributed by atoms with E-state index in [-0.39, 0.29) is 11.1 Å². The normalized spacial score (nSPS) is 12.7. The largest absolute Gasteiger partial charge is 0.417 e. The van der Waals surface area contributed by atoms with E-state index in [0.717, 1.165) is 16.7 Å². The van der Waals surface area contributed by atoms with Gasteiger partial charge in [0.2, 0.25) is 0 Å². The number of nitrogens with zero attached hydrogens (tertiary/aromatic N) is 4. The van der Waals surface area contributed by atoms with Crippen molar-refractivity contribution < 1.29 is 17.6 Å². The van der Waals surface area contributed by atoms with E-state index in [9.17, 15) is 22.4 Å². The van der Waals surface area contributed by atoms with Gasteiger partial charge in [0.25, 0.3) is 5.56 Å². The number of anilines is 1. The summed E-state index contributed by atoms with van der Waals surface area (Å²) in [5.74, 6) is 0.255. The first-order valence-electron chi connectivity index (χ1n) is 11.0. The van der Waals surface area contributed by atoms with Gasteiger partial charge in [-0.2, -0.15) is 13.2 Å². The number of halogens is 4. The van der Waals surface area contributed by atoms with Crippen LogP contribution in [0.3, 0.4) is 0 Å². The summed E-state index contributed by atoms with van der Waals surface area (Å²) in [6.45, 7) is 3.45. The number of alkyl halides is 3. The molecular weight excluding hydrogens is 474 g/mol. The lowest BCUT2D eigenvalue weighted by atomic mass is 10.0. The van der Waals surface area contributed by atoms with Crippen LogP contribution in [0.1, 0.15) is 30.0 Å². The number of hydrogen-bond acceptors (Lipinski definition) is 5. The van der Waals surface area contributed by atoms with E-state index in [1.165, 1.54) is 36.4 Å². The van der Waals surface area contributed by atoms with Crippen molar-refractivity contribution in [1.82, 2.24) is 19.5 Å². The second-order valence-corrected chi connectivity index (χ2v) is 8.31. The predicted octanol–water partition coefficient (Wildman–Crippen LogP) is 5.97. The molecule has 1 N–H and O–H groups in total. The first-order chi connectivity index (χ1) is 17.1. The number of hydrogen-bond donors (Lipinski definition) is 1. The molecule has 5 aromatic rings. The molecule has 0 aliphatic carbocycles. The first kappa shape index (κ1) is 23.4. The van der Waals surface area contributed by atoms with Crippen LogP contribution in [0.5, 0.6) is 0 Å². The van der Waals surface area contributed by atoms with Gasteiger partial charge in [-0.3, -0.25) is 14.3 Å². The van der Waals surface area contributed by atoms with Gasteiger partial charge in [0, 0.05) is 11.9 Å². The van der Waals surface area contributed by atoms with Crippen LogP contribution in [-0.4, -0.2) is 19.5 Å². The summed E-state index contributed by atoms with van der Waals surface area (Å²) in [4.78, 5) is 26.8. The Labute approximate surface area is 202 Å². The second kappa shape index (κ2) is 8.71. The molecule has 6 nitrogen and oxygen atoms in total. The highest BCUT2D eigenvalue weighted by Gasteiger charge is 2.34. The third kappa shape index (κ3) is 4.15. The highest BCUT2D eigenvalue weighted by molar-refractivity contribution is 5.87. The van der Waals surface area contributed by atoms with Crippen molar-refractivity contribution in [3.05, 3.63) is 100 Å². The maximum atomic E-state index is 14.1. The predicted molar refractivity (Wildman–Crippen MR) is 129 cm³/mol. The molecule has 0 saturated heterocycles. The third-order valence-electron chi connectivity index (χ3n) is 5.81. The summed E-state index contributed by atoms with van der Waals surface area (Å²) < 4.78 is 56.6. The van der Waals surface area contributed by atoms with Crippen molar-refractivity contribution in [2.24, 2.45) is 0 Å². The van der Waals surface area contributed by atoms with Crippen LogP contribution in [-0.2, 0) is 6.18 Å². The first-order valence-corrected chi connectivity index (χ1v) is 11.0. The number of benzene rings is 2. The number of aromatic nitrogens is 4. The molecule has 0 radical (unpaired) electrons. The van der Waals surface area contributed by atoms with Crippen molar-refractivity contribution in [3.63, 3.8) is 0 Å². The smallest absolute Gasteiger partial charge is 0.360 e. The van der Waals surface area contributed by atoms with Crippen molar-refractivity contribution >= 4 is 27.6 Å². The Morgan fingerprint density at radius 1 is 1.00 bits per heavy atom. The minimum absolute atomic E-state index is 0.101. The average molecular weight is 493 g/mol. The lowest BCUT2D eigenvalue weighted by Gasteiger charge is -2.22. The third-order valence-corrected chi connectivity index (χ3v) is 5.81. The molecule has 0 amide bonds. The number of aryl methyl sites for hydroxylation is 1. The molecule has 2 aromatic carbocycles. The van der Waals surface area contributed by atoms with Gasteiger partial charge in [-0.1, -0.05) is 18.2 Å². The van der Waals surface area contributed by atoms with Gasteiger partial charge in [-0.25, -0.2) is 14.4 Å². The molecule has 1 atom stereocenters.